The van der Waals surface area contributed by atoms with Gasteiger partial charge in [0.25, 0.3) is 0 Å². The van der Waals surface area contributed by atoms with E-state index in [-0.39, 0.29) is 5.82 Å². The van der Waals surface area contributed by atoms with Crippen molar-refractivity contribution in [3.63, 3.8) is 0 Å². The van der Waals surface area contributed by atoms with Crippen LogP contribution in [0.2, 0.25) is 0 Å². The predicted octanol–water partition coefficient (Wildman–Crippen LogP) is 5.94. The summed E-state index contributed by atoms with van der Waals surface area (Å²) in [7, 11) is 0. The summed E-state index contributed by atoms with van der Waals surface area (Å²) < 4.78 is 16.0. The van der Waals surface area contributed by atoms with E-state index in [0.29, 0.717) is 16.2 Å². The molecule has 0 bridgehead atoms. The molecule has 6 heteroatoms. The van der Waals surface area contributed by atoms with Crippen LogP contribution in [0.5, 0.6) is 0 Å². The summed E-state index contributed by atoms with van der Waals surface area (Å²) in [5, 5.41) is 15.9. The SMILES string of the molecule is Fc1ccccc1-c1n[nH]c(=S)n1N=Cc1c2ccccc2cc2ccccc12. The summed E-state index contributed by atoms with van der Waals surface area (Å²) in [4.78, 5) is 0. The molecular weight excluding hydrogens is 383 g/mol. The van der Waals surface area contributed by atoms with Crippen LogP contribution in [0, 0.1) is 10.6 Å². The van der Waals surface area contributed by atoms with Crippen molar-refractivity contribution in [2.75, 3.05) is 0 Å². The molecule has 0 aliphatic rings. The summed E-state index contributed by atoms with van der Waals surface area (Å²) in [5.41, 5.74) is 1.31. The van der Waals surface area contributed by atoms with Crippen LogP contribution >= 0.6 is 12.2 Å². The van der Waals surface area contributed by atoms with E-state index >= 15 is 0 Å². The van der Waals surface area contributed by atoms with E-state index in [1.165, 1.54) is 10.7 Å². The van der Waals surface area contributed by atoms with Crippen LogP contribution < -0.4 is 0 Å². The van der Waals surface area contributed by atoms with Gasteiger partial charge in [-0.2, -0.15) is 14.9 Å². The Bertz CT molecular complexity index is 1390. The first-order valence-corrected chi connectivity index (χ1v) is 9.50. The van der Waals surface area contributed by atoms with Gasteiger partial charge in [-0.3, -0.25) is 0 Å². The molecule has 1 N–H and O–H groups in total. The molecule has 4 nitrogen and oxygen atoms in total. The summed E-state index contributed by atoms with van der Waals surface area (Å²) in [5.74, 6) is -0.0533. The molecule has 0 aliphatic heterocycles. The van der Waals surface area contributed by atoms with Gasteiger partial charge in [0.15, 0.2) is 5.82 Å². The van der Waals surface area contributed by atoms with Crippen molar-refractivity contribution in [3.05, 3.63) is 95.0 Å². The molecule has 5 aromatic rings. The van der Waals surface area contributed by atoms with E-state index in [0.717, 1.165) is 27.1 Å². The van der Waals surface area contributed by atoms with E-state index in [9.17, 15) is 4.39 Å². The molecule has 4 aromatic carbocycles. The molecule has 0 saturated heterocycles. The molecule has 29 heavy (non-hydrogen) atoms. The van der Waals surface area contributed by atoms with E-state index in [4.69, 9.17) is 12.2 Å². The van der Waals surface area contributed by atoms with Crippen molar-refractivity contribution in [3.8, 4) is 11.4 Å². The van der Waals surface area contributed by atoms with Gasteiger partial charge in [-0.25, -0.2) is 9.49 Å². The number of aromatic nitrogens is 3. The zero-order valence-corrected chi connectivity index (χ0v) is 16.0. The van der Waals surface area contributed by atoms with E-state index in [1.807, 2.05) is 24.3 Å². The van der Waals surface area contributed by atoms with Gasteiger partial charge < -0.3 is 0 Å². The smallest absolute Gasteiger partial charge is 0.216 e. The van der Waals surface area contributed by atoms with Crippen molar-refractivity contribution in [1.82, 2.24) is 14.9 Å². The maximum atomic E-state index is 14.3. The van der Waals surface area contributed by atoms with Crippen LogP contribution in [0.3, 0.4) is 0 Å². The standard InChI is InChI=1S/C23H15FN4S/c24-21-12-6-5-11-19(21)22-26-27-23(29)28(22)25-14-20-17-9-3-1-7-15(17)13-16-8-2-4-10-18(16)20/h1-14H,(H,27,29). The highest BCUT2D eigenvalue weighted by Crippen LogP contribution is 2.27. The molecule has 0 aliphatic carbocycles. The molecule has 0 fully saturated rings. The van der Waals surface area contributed by atoms with Crippen molar-refractivity contribution in [1.29, 1.82) is 0 Å². The van der Waals surface area contributed by atoms with Gasteiger partial charge in [0.05, 0.1) is 11.8 Å². The van der Waals surface area contributed by atoms with Crippen LogP contribution in [0.15, 0.2) is 84.0 Å². The Kier molecular flexibility index (Phi) is 4.26. The molecule has 0 saturated carbocycles. The van der Waals surface area contributed by atoms with Gasteiger partial charge in [-0.15, -0.1) is 0 Å². The first-order chi connectivity index (χ1) is 14.2. The van der Waals surface area contributed by atoms with Gasteiger partial charge in [0.1, 0.15) is 5.82 Å². The van der Waals surface area contributed by atoms with Crippen molar-refractivity contribution >= 4 is 40.0 Å². The minimum Gasteiger partial charge on any atom is -0.250 e. The van der Waals surface area contributed by atoms with Crippen LogP contribution in [0.25, 0.3) is 32.9 Å². The molecule has 0 amide bonds. The van der Waals surface area contributed by atoms with Gasteiger partial charge in [-0.1, -0.05) is 60.7 Å². The molecule has 1 aromatic heterocycles. The second-order valence-corrected chi connectivity index (χ2v) is 7.01. The number of H-pyrrole nitrogens is 1. The topological polar surface area (TPSA) is 46.0 Å². The zero-order chi connectivity index (χ0) is 19.8. The minimum atomic E-state index is -0.381. The van der Waals surface area contributed by atoms with E-state index < -0.39 is 0 Å². The van der Waals surface area contributed by atoms with E-state index in [1.54, 1.807) is 24.4 Å². The molecule has 0 unspecified atom stereocenters. The Morgan fingerprint density at radius 3 is 2.21 bits per heavy atom. The van der Waals surface area contributed by atoms with E-state index in [2.05, 4.69) is 45.6 Å². The van der Waals surface area contributed by atoms with Gasteiger partial charge in [0, 0.05) is 5.56 Å². The highest BCUT2D eigenvalue weighted by Gasteiger charge is 2.13. The number of rotatable bonds is 3. The summed E-state index contributed by atoms with van der Waals surface area (Å²) in [6, 6.07) is 24.9. The summed E-state index contributed by atoms with van der Waals surface area (Å²) >= 11 is 5.33. The number of benzene rings is 4. The second-order valence-electron chi connectivity index (χ2n) is 6.62. The lowest BCUT2D eigenvalue weighted by Crippen LogP contribution is -1.97. The van der Waals surface area contributed by atoms with Crippen molar-refractivity contribution in [2.24, 2.45) is 5.10 Å². The number of nitrogens with zero attached hydrogens (tertiary/aromatic N) is 3. The Morgan fingerprint density at radius 1 is 0.897 bits per heavy atom. The number of halogens is 1. The average molecular weight is 398 g/mol. The molecule has 0 atom stereocenters. The molecule has 140 valence electrons. The maximum Gasteiger partial charge on any atom is 0.216 e. The highest BCUT2D eigenvalue weighted by atomic mass is 32.1. The predicted molar refractivity (Wildman–Crippen MR) is 117 cm³/mol. The number of hydrogen-bond acceptors (Lipinski definition) is 3. The largest absolute Gasteiger partial charge is 0.250 e. The number of nitrogens with one attached hydrogen (secondary N) is 1. The Morgan fingerprint density at radius 2 is 1.52 bits per heavy atom. The quantitative estimate of drug-likeness (QED) is 0.232. The van der Waals surface area contributed by atoms with Crippen LogP contribution in [-0.4, -0.2) is 21.1 Å². The third kappa shape index (κ3) is 3.03. The average Bonchev–Trinajstić information content (AvgIpc) is 3.11. The fourth-order valence-corrected chi connectivity index (χ4v) is 3.70. The number of hydrogen-bond donors (Lipinski definition) is 1. The number of aromatic amines is 1. The third-order valence-electron chi connectivity index (χ3n) is 4.88. The molecule has 5 rings (SSSR count). The summed E-state index contributed by atoms with van der Waals surface area (Å²) in [6.07, 6.45) is 1.76. The third-order valence-corrected chi connectivity index (χ3v) is 5.14. The first kappa shape index (κ1) is 17.5. The van der Waals surface area contributed by atoms with Gasteiger partial charge in [-0.05, 0) is 52.0 Å². The zero-order valence-electron chi connectivity index (χ0n) is 15.2. The normalized spacial score (nSPS) is 11.6. The minimum absolute atomic E-state index is 0.295. The van der Waals surface area contributed by atoms with Crippen LogP contribution in [-0.2, 0) is 0 Å². The van der Waals surface area contributed by atoms with Crippen LogP contribution in [0.4, 0.5) is 4.39 Å². The monoisotopic (exact) mass is 398 g/mol. The lowest BCUT2D eigenvalue weighted by molar-refractivity contribution is 0.628. The van der Waals surface area contributed by atoms with Crippen LogP contribution in [0.1, 0.15) is 5.56 Å². The fraction of sp³-hybridized carbons (Fsp3) is 0. The van der Waals surface area contributed by atoms with Gasteiger partial charge in [0.2, 0.25) is 4.77 Å². The Labute approximate surface area is 170 Å². The lowest BCUT2D eigenvalue weighted by Gasteiger charge is -2.08. The molecule has 1 heterocycles. The Balaban J connectivity index is 1.73. The van der Waals surface area contributed by atoms with Crippen molar-refractivity contribution < 1.29 is 4.39 Å². The second kappa shape index (κ2) is 7.07. The summed E-state index contributed by atoms with van der Waals surface area (Å²) in [6.45, 7) is 0. The lowest BCUT2D eigenvalue weighted by atomic mass is 9.97. The highest BCUT2D eigenvalue weighted by molar-refractivity contribution is 7.71. The van der Waals surface area contributed by atoms with Gasteiger partial charge >= 0.3 is 0 Å². The fourth-order valence-electron chi connectivity index (χ4n) is 3.52. The molecular formula is C23H15FN4S. The van der Waals surface area contributed by atoms with Crippen molar-refractivity contribution in [2.45, 2.75) is 0 Å². The first-order valence-electron chi connectivity index (χ1n) is 9.09. The molecule has 0 radical (unpaired) electrons. The number of fused-ring (bicyclic) bond motifs is 2. The molecule has 0 spiro atoms. The Hall–Kier alpha value is -3.64. The maximum absolute atomic E-state index is 14.3.